The molecule has 0 spiro atoms. The van der Waals surface area contributed by atoms with Crippen molar-refractivity contribution in [3.8, 4) is 11.3 Å². The third-order valence-corrected chi connectivity index (χ3v) is 8.93. The van der Waals surface area contributed by atoms with Crippen molar-refractivity contribution >= 4 is 32.4 Å². The number of rotatable bonds is 6. The molecule has 1 aliphatic heterocycles. The lowest BCUT2D eigenvalue weighted by atomic mass is 9.87. The second kappa shape index (κ2) is 9.18. The van der Waals surface area contributed by atoms with E-state index in [0.29, 0.717) is 17.0 Å². The van der Waals surface area contributed by atoms with Crippen LogP contribution >= 0.6 is 0 Å². The number of aryl methyl sites for hydroxylation is 1. The average molecular weight is 520 g/mol. The van der Waals surface area contributed by atoms with Gasteiger partial charge < -0.3 is 19.7 Å². The molecule has 3 aromatic heterocycles. The number of sulfone groups is 1. The number of nitrogens with one attached hydrogen (secondary N) is 1. The molecular weight excluding hydrogens is 486 g/mol. The van der Waals surface area contributed by atoms with Crippen molar-refractivity contribution in [1.82, 2.24) is 24.6 Å². The molecule has 10 heteroatoms. The van der Waals surface area contributed by atoms with Crippen LogP contribution < -0.4 is 15.1 Å². The van der Waals surface area contributed by atoms with Gasteiger partial charge in [-0.3, -0.25) is 4.68 Å². The number of fused-ring (bicyclic) bond motifs is 1. The number of hydrogen-bond acceptors (Lipinski definition) is 7. The minimum atomic E-state index is -3.19. The van der Waals surface area contributed by atoms with E-state index in [2.05, 4.69) is 49.2 Å². The highest BCUT2D eigenvalue weighted by Gasteiger charge is 2.31. The molecule has 2 aliphatic rings. The second-order valence-electron chi connectivity index (χ2n) is 10.2. The highest BCUT2D eigenvalue weighted by molar-refractivity contribution is 7.90. The van der Waals surface area contributed by atoms with Crippen LogP contribution in [0.3, 0.4) is 0 Å². The molecule has 1 saturated carbocycles. The lowest BCUT2D eigenvalue weighted by Gasteiger charge is -2.37. The maximum Gasteiger partial charge on any atom is 0.175 e. The van der Waals surface area contributed by atoms with Crippen molar-refractivity contribution < 1.29 is 8.42 Å². The van der Waals surface area contributed by atoms with Gasteiger partial charge in [0.1, 0.15) is 11.5 Å². The molecule has 37 heavy (non-hydrogen) atoms. The van der Waals surface area contributed by atoms with Crippen molar-refractivity contribution in [2.75, 3.05) is 49.3 Å². The SMILES string of the molecule is CNC1CC(n2cc(-c3ccn(C)n3)c3ccc(N4CCN(c5ccc(S(C)(=O)=O)cc5)CC4)nc32)C1. The maximum absolute atomic E-state index is 11.8. The molecular formula is C27H33N7O2S. The Morgan fingerprint density at radius 1 is 0.946 bits per heavy atom. The summed E-state index contributed by atoms with van der Waals surface area (Å²) in [6.45, 7) is 3.41. The maximum atomic E-state index is 11.8. The van der Waals surface area contributed by atoms with Crippen molar-refractivity contribution in [3.63, 3.8) is 0 Å². The van der Waals surface area contributed by atoms with Gasteiger partial charge in [-0.25, -0.2) is 13.4 Å². The van der Waals surface area contributed by atoms with Gasteiger partial charge in [-0.15, -0.1) is 0 Å². The highest BCUT2D eigenvalue weighted by Crippen LogP contribution is 2.39. The third-order valence-electron chi connectivity index (χ3n) is 7.80. The number of pyridine rings is 1. The van der Waals surface area contributed by atoms with Gasteiger partial charge >= 0.3 is 0 Å². The summed E-state index contributed by atoms with van der Waals surface area (Å²) in [5.74, 6) is 0.996. The van der Waals surface area contributed by atoms with Crippen LogP contribution in [0.2, 0.25) is 0 Å². The Bertz CT molecular complexity index is 1530. The van der Waals surface area contributed by atoms with Crippen LogP contribution in [0.25, 0.3) is 22.3 Å². The number of hydrogen-bond donors (Lipinski definition) is 1. The fraction of sp³-hybridized carbons (Fsp3) is 0.407. The molecule has 0 radical (unpaired) electrons. The van der Waals surface area contributed by atoms with Crippen LogP contribution in [0.4, 0.5) is 11.5 Å². The van der Waals surface area contributed by atoms with Gasteiger partial charge in [-0.1, -0.05) is 0 Å². The van der Waals surface area contributed by atoms with Gasteiger partial charge in [-0.2, -0.15) is 5.10 Å². The molecule has 4 aromatic rings. The summed E-state index contributed by atoms with van der Waals surface area (Å²) in [4.78, 5) is 10.2. The van der Waals surface area contributed by atoms with Gasteiger partial charge in [-0.05, 0) is 62.4 Å². The Hall–Kier alpha value is -3.37. The Morgan fingerprint density at radius 2 is 1.65 bits per heavy atom. The lowest BCUT2D eigenvalue weighted by Crippen LogP contribution is -2.46. The fourth-order valence-corrected chi connectivity index (χ4v) is 6.11. The van der Waals surface area contributed by atoms with E-state index < -0.39 is 9.84 Å². The van der Waals surface area contributed by atoms with Gasteiger partial charge in [0, 0.05) is 80.6 Å². The summed E-state index contributed by atoms with van der Waals surface area (Å²) in [7, 11) is 0.792. The minimum absolute atomic E-state index is 0.355. The molecule has 9 nitrogen and oxygen atoms in total. The molecule has 0 amide bonds. The van der Waals surface area contributed by atoms with E-state index in [1.807, 2.05) is 37.1 Å². The van der Waals surface area contributed by atoms with Crippen LogP contribution in [0.5, 0.6) is 0 Å². The average Bonchev–Trinajstić information content (AvgIpc) is 3.46. The van der Waals surface area contributed by atoms with Crippen LogP contribution in [0.15, 0.2) is 59.8 Å². The normalized spacial score (nSPS) is 20.4. The number of anilines is 2. The van der Waals surface area contributed by atoms with Gasteiger partial charge in [0.25, 0.3) is 0 Å². The first-order valence-corrected chi connectivity index (χ1v) is 14.7. The van der Waals surface area contributed by atoms with E-state index in [4.69, 9.17) is 4.98 Å². The number of benzene rings is 1. The summed E-state index contributed by atoms with van der Waals surface area (Å²) in [6, 6.07) is 14.6. The standard InChI is InChI=1S/C27H33N7O2S/c1-28-19-16-21(17-19)34-18-24(25-10-11-31(2)30-25)23-8-9-26(29-27(23)34)33-14-12-32(13-15-33)20-4-6-22(7-5-20)37(3,35)36/h4-11,18-19,21,28H,12-17H2,1-3H3. The molecule has 0 unspecified atom stereocenters. The first-order valence-electron chi connectivity index (χ1n) is 12.8. The molecule has 194 valence electrons. The summed E-state index contributed by atoms with van der Waals surface area (Å²) in [5, 5.41) is 9.19. The second-order valence-corrected chi connectivity index (χ2v) is 12.2. The summed E-state index contributed by atoms with van der Waals surface area (Å²) in [5.41, 5.74) is 4.18. The highest BCUT2D eigenvalue weighted by atomic mass is 32.2. The molecule has 4 heterocycles. The molecule has 1 aliphatic carbocycles. The van der Waals surface area contributed by atoms with Crippen molar-refractivity contribution in [3.05, 3.63) is 54.9 Å². The van der Waals surface area contributed by atoms with Crippen molar-refractivity contribution in [2.24, 2.45) is 7.05 Å². The number of aromatic nitrogens is 4. The number of piperazine rings is 1. The monoisotopic (exact) mass is 519 g/mol. The predicted molar refractivity (Wildman–Crippen MR) is 147 cm³/mol. The molecule has 0 atom stereocenters. The quantitative estimate of drug-likeness (QED) is 0.419. The van der Waals surface area contributed by atoms with Gasteiger partial charge in [0.15, 0.2) is 9.84 Å². The Morgan fingerprint density at radius 3 is 2.27 bits per heavy atom. The van der Waals surface area contributed by atoms with E-state index >= 15 is 0 Å². The molecule has 0 bridgehead atoms. The van der Waals surface area contributed by atoms with E-state index in [9.17, 15) is 8.42 Å². The van der Waals surface area contributed by atoms with E-state index in [0.717, 1.165) is 72.8 Å². The van der Waals surface area contributed by atoms with E-state index in [1.54, 1.807) is 12.1 Å². The van der Waals surface area contributed by atoms with Crippen LogP contribution in [-0.2, 0) is 16.9 Å². The predicted octanol–water partition coefficient (Wildman–Crippen LogP) is 3.09. The molecule has 1 saturated heterocycles. The van der Waals surface area contributed by atoms with Gasteiger partial charge in [0.2, 0.25) is 0 Å². The zero-order valence-corrected chi connectivity index (χ0v) is 22.3. The molecule has 1 N–H and O–H groups in total. The summed E-state index contributed by atoms with van der Waals surface area (Å²) in [6.07, 6.45) is 7.66. The summed E-state index contributed by atoms with van der Waals surface area (Å²) < 4.78 is 27.8. The van der Waals surface area contributed by atoms with Crippen molar-refractivity contribution in [2.45, 2.75) is 29.8 Å². The first-order chi connectivity index (χ1) is 17.8. The van der Waals surface area contributed by atoms with Crippen LogP contribution in [0, 0.1) is 0 Å². The first kappa shape index (κ1) is 24.0. The zero-order valence-electron chi connectivity index (χ0n) is 21.5. The minimum Gasteiger partial charge on any atom is -0.368 e. The van der Waals surface area contributed by atoms with Crippen LogP contribution in [0.1, 0.15) is 18.9 Å². The van der Waals surface area contributed by atoms with Crippen LogP contribution in [-0.4, -0.2) is 73.3 Å². The molecule has 1 aromatic carbocycles. The van der Waals surface area contributed by atoms with E-state index in [-0.39, 0.29) is 0 Å². The summed E-state index contributed by atoms with van der Waals surface area (Å²) >= 11 is 0. The zero-order chi connectivity index (χ0) is 25.7. The third kappa shape index (κ3) is 4.48. The Kier molecular flexibility index (Phi) is 5.95. The topological polar surface area (TPSA) is 88.3 Å². The lowest BCUT2D eigenvalue weighted by molar-refractivity contribution is 0.240. The Labute approximate surface area is 217 Å². The Balaban J connectivity index is 1.25. The molecule has 6 rings (SSSR count). The molecule has 2 fully saturated rings. The smallest absolute Gasteiger partial charge is 0.175 e. The van der Waals surface area contributed by atoms with E-state index in [1.165, 1.54) is 6.26 Å². The van der Waals surface area contributed by atoms with Crippen molar-refractivity contribution in [1.29, 1.82) is 0 Å². The largest absolute Gasteiger partial charge is 0.368 e. The van der Waals surface area contributed by atoms with Gasteiger partial charge in [0.05, 0.1) is 10.6 Å². The number of nitrogens with zero attached hydrogens (tertiary/aromatic N) is 6. The fourth-order valence-electron chi connectivity index (χ4n) is 5.48.